The maximum atomic E-state index is 13.1. The quantitative estimate of drug-likeness (QED) is 0.288. The first-order valence-corrected chi connectivity index (χ1v) is 13.0. The zero-order valence-electron chi connectivity index (χ0n) is 21.3. The minimum Gasteiger partial charge on any atom is -0.495 e. The average molecular weight is 546 g/mol. The Balaban J connectivity index is 1.57. The molecule has 1 saturated heterocycles. The molecule has 38 heavy (non-hydrogen) atoms. The Kier molecular flexibility index (Phi) is 7.35. The number of aromatic nitrogens is 2. The summed E-state index contributed by atoms with van der Waals surface area (Å²) in [6, 6.07) is 22.4. The molecule has 0 saturated carbocycles. The molecule has 0 radical (unpaired) electrons. The third-order valence-corrected chi connectivity index (χ3v) is 7.33. The van der Waals surface area contributed by atoms with Gasteiger partial charge in [0.1, 0.15) is 12.3 Å². The summed E-state index contributed by atoms with van der Waals surface area (Å²) in [4.78, 5) is 19.7. The van der Waals surface area contributed by atoms with E-state index in [9.17, 15) is 4.79 Å². The Morgan fingerprint density at radius 3 is 2.58 bits per heavy atom. The van der Waals surface area contributed by atoms with Crippen molar-refractivity contribution in [2.45, 2.75) is 25.9 Å². The molecule has 4 aromatic rings. The van der Waals surface area contributed by atoms with Crippen molar-refractivity contribution in [2.75, 3.05) is 19.0 Å². The molecule has 0 unspecified atom stereocenters. The van der Waals surface area contributed by atoms with Crippen LogP contribution in [0.25, 0.3) is 5.69 Å². The van der Waals surface area contributed by atoms with Crippen LogP contribution in [0.1, 0.15) is 34.7 Å². The van der Waals surface area contributed by atoms with E-state index in [2.05, 4.69) is 33.2 Å². The van der Waals surface area contributed by atoms with E-state index in [0.29, 0.717) is 15.9 Å². The predicted molar refractivity (Wildman–Crippen MR) is 154 cm³/mol. The third-order valence-electron chi connectivity index (χ3n) is 6.74. The highest BCUT2D eigenvalue weighted by Crippen LogP contribution is 2.42. The van der Waals surface area contributed by atoms with Crippen molar-refractivity contribution in [1.29, 1.82) is 0 Å². The molecule has 0 bridgehead atoms. The fraction of sp³-hybridized carbons (Fsp3) is 0.207. The van der Waals surface area contributed by atoms with E-state index >= 15 is 0 Å². The molecule has 2 N–H and O–H groups in total. The summed E-state index contributed by atoms with van der Waals surface area (Å²) in [5, 5.41) is 7.51. The number of nitrogens with one attached hydrogen (secondary N) is 2. The van der Waals surface area contributed by atoms with E-state index in [4.69, 9.17) is 28.6 Å². The van der Waals surface area contributed by atoms with Gasteiger partial charge in [0.15, 0.2) is 5.11 Å². The maximum Gasteiger partial charge on any atom is 0.244 e. The van der Waals surface area contributed by atoms with Crippen LogP contribution in [0.5, 0.6) is 5.75 Å². The second kappa shape index (κ2) is 10.8. The number of halogens is 1. The van der Waals surface area contributed by atoms with Gasteiger partial charge in [-0.3, -0.25) is 9.78 Å². The molecule has 1 aliphatic rings. The van der Waals surface area contributed by atoms with E-state index in [1.807, 2.05) is 78.6 Å². The van der Waals surface area contributed by atoms with Crippen LogP contribution >= 0.6 is 23.8 Å². The summed E-state index contributed by atoms with van der Waals surface area (Å²) in [6.07, 6.45) is 1.77. The molecule has 2 atom stereocenters. The molecule has 1 fully saturated rings. The van der Waals surface area contributed by atoms with Gasteiger partial charge in [-0.2, -0.15) is 0 Å². The lowest BCUT2D eigenvalue weighted by Crippen LogP contribution is -2.37. The number of carbonyl (C=O) groups is 1. The smallest absolute Gasteiger partial charge is 0.244 e. The number of benzene rings is 2. The molecule has 5 rings (SSSR count). The Morgan fingerprint density at radius 1 is 1.11 bits per heavy atom. The number of nitrogens with zero attached hydrogens (tertiary/aromatic N) is 3. The molecule has 1 amide bonds. The first-order chi connectivity index (χ1) is 18.4. The minimum atomic E-state index is -0.274. The lowest BCUT2D eigenvalue weighted by atomic mass is 9.96. The summed E-state index contributed by atoms with van der Waals surface area (Å²) < 4.78 is 7.78. The Labute approximate surface area is 232 Å². The van der Waals surface area contributed by atoms with Gasteiger partial charge in [0.2, 0.25) is 5.91 Å². The van der Waals surface area contributed by atoms with Crippen LogP contribution in [0.4, 0.5) is 5.69 Å². The molecular weight excluding hydrogens is 518 g/mol. The molecule has 9 heteroatoms. The summed E-state index contributed by atoms with van der Waals surface area (Å²) in [5.74, 6) is 0.556. The fourth-order valence-corrected chi connectivity index (χ4v) is 5.56. The summed E-state index contributed by atoms with van der Waals surface area (Å²) >= 11 is 12.1. The lowest BCUT2D eigenvalue weighted by molar-refractivity contribution is -0.116. The average Bonchev–Trinajstić information content (AvgIpc) is 3.39. The first kappa shape index (κ1) is 25.8. The molecule has 7 nitrogen and oxygen atoms in total. The maximum absolute atomic E-state index is 13.1. The zero-order chi connectivity index (χ0) is 26.8. The fourth-order valence-electron chi connectivity index (χ4n) is 5.09. The zero-order valence-corrected chi connectivity index (χ0v) is 22.9. The highest BCUT2D eigenvalue weighted by molar-refractivity contribution is 7.80. The van der Waals surface area contributed by atoms with Crippen molar-refractivity contribution in [3.8, 4) is 11.4 Å². The van der Waals surface area contributed by atoms with E-state index in [1.54, 1.807) is 13.3 Å². The number of rotatable bonds is 7. The van der Waals surface area contributed by atoms with Gasteiger partial charge in [-0.05, 0) is 80.2 Å². The molecule has 0 spiro atoms. The Hall–Kier alpha value is -3.88. The third kappa shape index (κ3) is 4.97. The van der Waals surface area contributed by atoms with Gasteiger partial charge < -0.3 is 24.8 Å². The largest absolute Gasteiger partial charge is 0.495 e. The van der Waals surface area contributed by atoms with Crippen molar-refractivity contribution in [3.63, 3.8) is 0 Å². The van der Waals surface area contributed by atoms with Crippen molar-refractivity contribution in [1.82, 2.24) is 19.8 Å². The second-order valence-corrected chi connectivity index (χ2v) is 9.97. The van der Waals surface area contributed by atoms with Crippen LogP contribution in [0.2, 0.25) is 5.02 Å². The van der Waals surface area contributed by atoms with Crippen LogP contribution in [0.3, 0.4) is 0 Å². The van der Waals surface area contributed by atoms with Gasteiger partial charge in [0.05, 0.1) is 30.6 Å². The predicted octanol–water partition coefficient (Wildman–Crippen LogP) is 5.76. The standard InChI is InChI=1S/C29H28ClN5O2S/c1-18-15-22(19(2)35(18)24-16-20(30)12-13-25(24)37-3)28-27(23-11-7-8-14-31-23)33-29(38)34(28)17-26(36)32-21-9-5-4-6-10-21/h4-16,27-28H,17H2,1-3H3,(H,32,36)(H,33,38)/t27-,28-/m0/s1. The second-order valence-electron chi connectivity index (χ2n) is 9.15. The number of amides is 1. The van der Waals surface area contributed by atoms with Crippen molar-refractivity contribution < 1.29 is 9.53 Å². The topological polar surface area (TPSA) is 71.4 Å². The Bertz CT molecular complexity index is 1480. The van der Waals surface area contributed by atoms with E-state index in [1.165, 1.54) is 0 Å². The summed E-state index contributed by atoms with van der Waals surface area (Å²) in [6.45, 7) is 4.18. The summed E-state index contributed by atoms with van der Waals surface area (Å²) in [7, 11) is 1.64. The number of thiocarbonyl (C=S) groups is 1. The van der Waals surface area contributed by atoms with Crippen molar-refractivity contribution in [2.24, 2.45) is 0 Å². The van der Waals surface area contributed by atoms with Gasteiger partial charge in [0, 0.05) is 28.3 Å². The van der Waals surface area contributed by atoms with Crippen molar-refractivity contribution >= 4 is 40.5 Å². The number of pyridine rings is 1. The van der Waals surface area contributed by atoms with Crippen LogP contribution in [-0.4, -0.2) is 39.1 Å². The minimum absolute atomic E-state index is 0.0822. The number of hydrogen-bond acceptors (Lipinski definition) is 4. The van der Waals surface area contributed by atoms with E-state index in [-0.39, 0.29) is 24.5 Å². The highest BCUT2D eigenvalue weighted by atomic mass is 35.5. The van der Waals surface area contributed by atoms with E-state index < -0.39 is 0 Å². The van der Waals surface area contributed by atoms with Gasteiger partial charge in [-0.1, -0.05) is 35.9 Å². The number of carbonyl (C=O) groups excluding carboxylic acids is 1. The van der Waals surface area contributed by atoms with Crippen LogP contribution in [0, 0.1) is 13.8 Å². The number of aryl methyl sites for hydroxylation is 1. The molecule has 1 aliphatic heterocycles. The molecule has 2 aromatic heterocycles. The monoisotopic (exact) mass is 545 g/mol. The van der Waals surface area contributed by atoms with Gasteiger partial charge in [-0.15, -0.1) is 0 Å². The number of hydrogen-bond donors (Lipinski definition) is 2. The SMILES string of the molecule is COc1ccc(Cl)cc1-n1c(C)cc([C@H]2[C@H](c3ccccn3)NC(=S)N2CC(=O)Nc2ccccc2)c1C. The molecule has 2 aromatic carbocycles. The number of anilines is 1. The van der Waals surface area contributed by atoms with Gasteiger partial charge in [0.25, 0.3) is 0 Å². The van der Waals surface area contributed by atoms with Crippen LogP contribution in [-0.2, 0) is 4.79 Å². The summed E-state index contributed by atoms with van der Waals surface area (Å²) in [5.41, 5.74) is 5.45. The molecular formula is C29H28ClN5O2S. The number of methoxy groups -OCH3 is 1. The van der Waals surface area contributed by atoms with Crippen LogP contribution in [0.15, 0.2) is 79.0 Å². The first-order valence-electron chi connectivity index (χ1n) is 12.2. The molecule has 0 aliphatic carbocycles. The molecule has 3 heterocycles. The lowest BCUT2D eigenvalue weighted by Gasteiger charge is -2.27. The normalized spacial score (nSPS) is 16.8. The van der Waals surface area contributed by atoms with Gasteiger partial charge in [-0.25, -0.2) is 0 Å². The van der Waals surface area contributed by atoms with Crippen LogP contribution < -0.4 is 15.4 Å². The highest BCUT2D eigenvalue weighted by Gasteiger charge is 2.42. The number of para-hydroxylation sites is 1. The van der Waals surface area contributed by atoms with Crippen molar-refractivity contribution in [3.05, 3.63) is 107 Å². The Morgan fingerprint density at radius 2 is 1.87 bits per heavy atom. The molecule has 194 valence electrons. The van der Waals surface area contributed by atoms with E-state index in [0.717, 1.165) is 34.0 Å². The van der Waals surface area contributed by atoms with Gasteiger partial charge >= 0.3 is 0 Å². The number of ether oxygens (including phenoxy) is 1.